The molecule has 1 unspecified atom stereocenters. The van der Waals surface area contributed by atoms with Crippen molar-refractivity contribution in [2.75, 3.05) is 6.54 Å². The van der Waals surface area contributed by atoms with Crippen LogP contribution in [0.4, 0.5) is 0 Å². The van der Waals surface area contributed by atoms with Gasteiger partial charge in [0.2, 0.25) is 0 Å². The average Bonchev–Trinajstić information content (AvgIpc) is 2.29. The van der Waals surface area contributed by atoms with E-state index in [1.807, 2.05) is 39.0 Å². The van der Waals surface area contributed by atoms with Crippen molar-refractivity contribution in [1.82, 2.24) is 5.32 Å². The van der Waals surface area contributed by atoms with Gasteiger partial charge in [0.15, 0.2) is 0 Å². The van der Waals surface area contributed by atoms with Crippen LogP contribution in [0.15, 0.2) is 18.2 Å². The minimum absolute atomic E-state index is 0.125. The van der Waals surface area contributed by atoms with Crippen LogP contribution >= 0.6 is 0 Å². The third-order valence-corrected chi connectivity index (χ3v) is 3.03. The molecule has 2 N–H and O–H groups in total. The molecule has 1 aromatic carbocycles. The van der Waals surface area contributed by atoms with Crippen LogP contribution in [0.2, 0.25) is 0 Å². The number of amides is 1. The van der Waals surface area contributed by atoms with Gasteiger partial charge in [0.1, 0.15) is 0 Å². The second-order valence-electron chi connectivity index (χ2n) is 4.85. The average molecular weight is 235 g/mol. The van der Waals surface area contributed by atoms with E-state index in [0.29, 0.717) is 12.0 Å². The van der Waals surface area contributed by atoms with Crippen molar-refractivity contribution in [1.29, 1.82) is 0 Å². The lowest BCUT2D eigenvalue weighted by Crippen LogP contribution is -2.40. The number of hydrogen-bond donors (Lipinski definition) is 2. The van der Waals surface area contributed by atoms with Gasteiger partial charge in [-0.2, -0.15) is 0 Å². The lowest BCUT2D eigenvalue weighted by molar-refractivity contribution is 0.0518. The molecule has 0 aliphatic carbocycles. The molecule has 0 aliphatic rings. The fourth-order valence-corrected chi connectivity index (χ4v) is 1.47. The Bertz CT molecular complexity index is 411. The number of hydrogen-bond acceptors (Lipinski definition) is 2. The number of nitrogens with one attached hydrogen (secondary N) is 1. The summed E-state index contributed by atoms with van der Waals surface area (Å²) in [7, 11) is 0. The van der Waals surface area contributed by atoms with Crippen molar-refractivity contribution in [2.24, 2.45) is 0 Å². The summed E-state index contributed by atoms with van der Waals surface area (Å²) in [5.74, 6) is -0.125. The lowest BCUT2D eigenvalue weighted by atomic mass is 10.0. The first kappa shape index (κ1) is 13.7. The van der Waals surface area contributed by atoms with Gasteiger partial charge in [-0.25, -0.2) is 0 Å². The zero-order valence-electron chi connectivity index (χ0n) is 11.0. The van der Waals surface area contributed by atoms with Crippen molar-refractivity contribution >= 4 is 5.91 Å². The molecule has 17 heavy (non-hydrogen) atoms. The highest BCUT2D eigenvalue weighted by Crippen LogP contribution is 2.11. The van der Waals surface area contributed by atoms with Gasteiger partial charge in [0, 0.05) is 12.1 Å². The summed E-state index contributed by atoms with van der Waals surface area (Å²) in [5, 5.41) is 12.6. The monoisotopic (exact) mass is 235 g/mol. The fraction of sp³-hybridized carbons (Fsp3) is 0.500. The normalized spacial score (nSPS) is 14.2. The van der Waals surface area contributed by atoms with Crippen LogP contribution in [0.5, 0.6) is 0 Å². The van der Waals surface area contributed by atoms with E-state index in [9.17, 15) is 9.90 Å². The largest absolute Gasteiger partial charge is 0.388 e. The Labute approximate surface area is 103 Å². The van der Waals surface area contributed by atoms with Gasteiger partial charge in [-0.15, -0.1) is 0 Å². The van der Waals surface area contributed by atoms with E-state index >= 15 is 0 Å². The molecule has 0 bridgehead atoms. The van der Waals surface area contributed by atoms with E-state index in [2.05, 4.69) is 5.32 Å². The molecule has 3 nitrogen and oxygen atoms in total. The predicted molar refractivity (Wildman–Crippen MR) is 69.2 cm³/mol. The molecule has 0 spiro atoms. The molecular formula is C14H21NO2. The van der Waals surface area contributed by atoms with Gasteiger partial charge in [0.25, 0.3) is 5.91 Å². The summed E-state index contributed by atoms with van der Waals surface area (Å²) >= 11 is 0. The first-order valence-electron chi connectivity index (χ1n) is 5.93. The molecule has 0 heterocycles. The van der Waals surface area contributed by atoms with Crippen molar-refractivity contribution in [3.8, 4) is 0 Å². The van der Waals surface area contributed by atoms with E-state index in [4.69, 9.17) is 0 Å². The number of rotatable bonds is 4. The Morgan fingerprint density at radius 2 is 2.06 bits per heavy atom. The Balaban J connectivity index is 2.74. The van der Waals surface area contributed by atoms with E-state index in [1.165, 1.54) is 0 Å². The molecule has 94 valence electrons. The van der Waals surface area contributed by atoms with Crippen molar-refractivity contribution in [3.63, 3.8) is 0 Å². The third kappa shape index (κ3) is 3.86. The molecule has 0 radical (unpaired) electrons. The summed E-state index contributed by atoms with van der Waals surface area (Å²) in [4.78, 5) is 12.0. The third-order valence-electron chi connectivity index (χ3n) is 3.03. The van der Waals surface area contributed by atoms with Crippen LogP contribution in [0, 0.1) is 13.8 Å². The zero-order valence-corrected chi connectivity index (χ0v) is 11.0. The summed E-state index contributed by atoms with van der Waals surface area (Å²) in [6, 6.07) is 5.78. The summed E-state index contributed by atoms with van der Waals surface area (Å²) in [5.41, 5.74) is 1.84. The molecule has 1 rings (SSSR count). The van der Waals surface area contributed by atoms with Crippen LogP contribution in [0.3, 0.4) is 0 Å². The second kappa shape index (κ2) is 5.32. The molecule has 0 aromatic heterocycles. The van der Waals surface area contributed by atoms with Crippen molar-refractivity contribution in [2.45, 2.75) is 39.7 Å². The van der Waals surface area contributed by atoms with E-state index < -0.39 is 5.60 Å². The Kier molecular flexibility index (Phi) is 4.29. The zero-order chi connectivity index (χ0) is 13.1. The maximum Gasteiger partial charge on any atom is 0.251 e. The minimum Gasteiger partial charge on any atom is -0.388 e. The predicted octanol–water partition coefficient (Wildman–Crippen LogP) is 2.19. The van der Waals surface area contributed by atoms with Crippen LogP contribution < -0.4 is 5.32 Å². The van der Waals surface area contributed by atoms with Gasteiger partial charge >= 0.3 is 0 Å². The molecular weight excluding hydrogens is 214 g/mol. The maximum absolute atomic E-state index is 12.0. The summed E-state index contributed by atoms with van der Waals surface area (Å²) < 4.78 is 0. The second-order valence-corrected chi connectivity index (χ2v) is 4.85. The Hall–Kier alpha value is -1.35. The number of aliphatic hydroxyl groups is 1. The first-order valence-corrected chi connectivity index (χ1v) is 5.93. The highest BCUT2D eigenvalue weighted by Gasteiger charge is 2.19. The number of carbonyl (C=O) groups is 1. The maximum atomic E-state index is 12.0. The molecule has 0 saturated carbocycles. The molecule has 0 fully saturated rings. The van der Waals surface area contributed by atoms with Gasteiger partial charge in [-0.3, -0.25) is 4.79 Å². The Morgan fingerprint density at radius 1 is 1.41 bits per heavy atom. The molecule has 3 heteroatoms. The van der Waals surface area contributed by atoms with Crippen LogP contribution in [0.1, 0.15) is 41.8 Å². The molecule has 1 aromatic rings. The van der Waals surface area contributed by atoms with E-state index in [1.54, 1.807) is 6.92 Å². The van der Waals surface area contributed by atoms with E-state index in [-0.39, 0.29) is 12.5 Å². The minimum atomic E-state index is -0.840. The van der Waals surface area contributed by atoms with Crippen LogP contribution in [0.25, 0.3) is 0 Å². The molecule has 1 atom stereocenters. The highest BCUT2D eigenvalue weighted by molar-refractivity contribution is 5.95. The van der Waals surface area contributed by atoms with E-state index in [0.717, 1.165) is 11.1 Å². The number of aryl methyl sites for hydroxylation is 2. The highest BCUT2D eigenvalue weighted by atomic mass is 16.3. The number of benzene rings is 1. The SMILES string of the molecule is CCC(C)(O)CNC(=O)c1cc(C)ccc1C. The van der Waals surface area contributed by atoms with Crippen molar-refractivity contribution in [3.05, 3.63) is 34.9 Å². The Morgan fingerprint density at radius 3 is 2.65 bits per heavy atom. The first-order chi connectivity index (χ1) is 7.85. The molecule has 0 saturated heterocycles. The van der Waals surface area contributed by atoms with Gasteiger partial charge in [0.05, 0.1) is 5.60 Å². The molecule has 0 aliphatic heterocycles. The quantitative estimate of drug-likeness (QED) is 0.840. The topological polar surface area (TPSA) is 49.3 Å². The smallest absolute Gasteiger partial charge is 0.251 e. The van der Waals surface area contributed by atoms with Crippen LogP contribution in [-0.2, 0) is 0 Å². The standard InChI is InChI=1S/C14H21NO2/c1-5-14(4,17)9-15-13(16)12-8-10(2)6-7-11(12)3/h6-8,17H,5,9H2,1-4H3,(H,15,16). The number of carbonyl (C=O) groups excluding carboxylic acids is 1. The summed E-state index contributed by atoms with van der Waals surface area (Å²) in [6.07, 6.45) is 0.611. The lowest BCUT2D eigenvalue weighted by Gasteiger charge is -2.21. The molecule has 1 amide bonds. The van der Waals surface area contributed by atoms with Crippen molar-refractivity contribution < 1.29 is 9.90 Å². The van der Waals surface area contributed by atoms with Gasteiger partial charge in [-0.1, -0.05) is 24.6 Å². The van der Waals surface area contributed by atoms with Gasteiger partial charge in [-0.05, 0) is 38.8 Å². The fourth-order valence-electron chi connectivity index (χ4n) is 1.47. The van der Waals surface area contributed by atoms with Gasteiger partial charge < -0.3 is 10.4 Å². The summed E-state index contributed by atoms with van der Waals surface area (Å²) in [6.45, 7) is 7.75. The van der Waals surface area contributed by atoms with Crippen LogP contribution in [-0.4, -0.2) is 23.2 Å².